The highest BCUT2D eigenvalue weighted by atomic mass is 16.3. The third kappa shape index (κ3) is 1.58. The molecule has 0 spiro atoms. The second kappa shape index (κ2) is 3.58. The van der Waals surface area contributed by atoms with Gasteiger partial charge in [-0.1, -0.05) is 23.8 Å². The average Bonchev–Trinajstić information content (AvgIpc) is 2.56. The van der Waals surface area contributed by atoms with Gasteiger partial charge in [0.1, 0.15) is 11.0 Å². The Balaban J connectivity index is 3.17. The Labute approximate surface area is 89.7 Å². The van der Waals surface area contributed by atoms with Gasteiger partial charge in [0, 0.05) is 10.6 Å². The highest BCUT2D eigenvalue weighted by Gasteiger charge is 2.03. The van der Waals surface area contributed by atoms with Gasteiger partial charge in [-0.2, -0.15) is 0 Å². The Morgan fingerprint density at radius 2 is 1.60 bits per heavy atom. The highest BCUT2D eigenvalue weighted by molar-refractivity contribution is 5.80. The molecule has 1 aromatic heterocycles. The first-order valence-electron chi connectivity index (χ1n) is 5.24. The highest BCUT2D eigenvalue weighted by Crippen LogP contribution is 2.08. The van der Waals surface area contributed by atoms with Gasteiger partial charge in [-0.15, -0.1) is 0 Å². The Morgan fingerprint density at radius 3 is 2.20 bits per heavy atom. The molecule has 15 heavy (non-hydrogen) atoms. The summed E-state index contributed by atoms with van der Waals surface area (Å²) in [4.78, 5) is 0. The average molecular weight is 200 g/mol. The fourth-order valence-corrected chi connectivity index (χ4v) is 1.89. The maximum absolute atomic E-state index is 5.86. The second-order valence-electron chi connectivity index (χ2n) is 4.30. The van der Waals surface area contributed by atoms with Gasteiger partial charge in [-0.3, -0.25) is 0 Å². The van der Waals surface area contributed by atoms with Crippen molar-refractivity contribution in [2.24, 2.45) is 0 Å². The van der Waals surface area contributed by atoms with Crippen molar-refractivity contribution in [1.29, 1.82) is 0 Å². The molecule has 1 heteroatoms. The standard InChI is InChI=1S/C14H16O/c1-9(2)13-11-7-5-6-8-12(11)15-14(13)10(3)4/h5-8H,1-4H3. The summed E-state index contributed by atoms with van der Waals surface area (Å²) in [5, 5.41) is 2.47. The zero-order chi connectivity index (χ0) is 11.0. The van der Waals surface area contributed by atoms with Crippen molar-refractivity contribution in [2.75, 3.05) is 0 Å². The van der Waals surface area contributed by atoms with Crippen molar-refractivity contribution in [3.63, 3.8) is 0 Å². The van der Waals surface area contributed by atoms with Crippen molar-refractivity contribution in [1.82, 2.24) is 0 Å². The van der Waals surface area contributed by atoms with Crippen LogP contribution < -0.4 is 10.6 Å². The minimum absolute atomic E-state index is 0.977. The van der Waals surface area contributed by atoms with Crippen LogP contribution in [0.4, 0.5) is 0 Å². The minimum Gasteiger partial charge on any atom is -0.456 e. The molecule has 78 valence electrons. The van der Waals surface area contributed by atoms with Gasteiger partial charge in [-0.05, 0) is 39.3 Å². The van der Waals surface area contributed by atoms with E-state index in [0.717, 1.165) is 11.0 Å². The molecule has 2 rings (SSSR count). The molecule has 0 fully saturated rings. The molecule has 0 N–H and O–H groups in total. The number of fused-ring (bicyclic) bond motifs is 1. The lowest BCUT2D eigenvalue weighted by atomic mass is 10.1. The van der Waals surface area contributed by atoms with Gasteiger partial charge in [0.2, 0.25) is 0 Å². The Morgan fingerprint density at radius 1 is 0.933 bits per heavy atom. The van der Waals surface area contributed by atoms with E-state index in [1.54, 1.807) is 0 Å². The first-order chi connectivity index (χ1) is 7.11. The summed E-state index contributed by atoms with van der Waals surface area (Å²) in [5.41, 5.74) is 4.53. The fourth-order valence-electron chi connectivity index (χ4n) is 1.89. The van der Waals surface area contributed by atoms with Gasteiger partial charge >= 0.3 is 0 Å². The van der Waals surface area contributed by atoms with E-state index in [4.69, 9.17) is 4.42 Å². The minimum atomic E-state index is 0.977. The molecule has 0 aliphatic heterocycles. The molecule has 0 bridgehead atoms. The maximum Gasteiger partial charge on any atom is 0.135 e. The molecule has 0 aliphatic carbocycles. The Kier molecular flexibility index (Phi) is 2.39. The summed E-state index contributed by atoms with van der Waals surface area (Å²) >= 11 is 0. The van der Waals surface area contributed by atoms with Crippen LogP contribution in [0, 0.1) is 0 Å². The quantitative estimate of drug-likeness (QED) is 0.637. The van der Waals surface area contributed by atoms with E-state index in [1.807, 2.05) is 12.1 Å². The monoisotopic (exact) mass is 200 g/mol. The molecule has 1 nitrogen and oxygen atoms in total. The predicted octanol–water partition coefficient (Wildman–Crippen LogP) is 2.81. The number of furan rings is 1. The maximum atomic E-state index is 5.86. The predicted molar refractivity (Wildman–Crippen MR) is 65.0 cm³/mol. The lowest BCUT2D eigenvalue weighted by Crippen LogP contribution is -2.23. The molecule has 0 unspecified atom stereocenters. The van der Waals surface area contributed by atoms with E-state index in [9.17, 15) is 0 Å². The van der Waals surface area contributed by atoms with Crippen LogP contribution in [0.15, 0.2) is 28.7 Å². The molecule has 0 radical (unpaired) electrons. The molecular weight excluding hydrogens is 184 g/mol. The van der Waals surface area contributed by atoms with Crippen LogP contribution in [0.5, 0.6) is 0 Å². The van der Waals surface area contributed by atoms with E-state index in [-0.39, 0.29) is 0 Å². The molecule has 1 heterocycles. The third-order valence-electron chi connectivity index (χ3n) is 2.55. The molecule has 0 atom stereocenters. The molecule has 1 aromatic carbocycles. The summed E-state index contributed by atoms with van der Waals surface area (Å²) in [6.07, 6.45) is 0. The first-order valence-corrected chi connectivity index (χ1v) is 5.24. The van der Waals surface area contributed by atoms with Crippen LogP contribution >= 0.6 is 0 Å². The van der Waals surface area contributed by atoms with Crippen molar-refractivity contribution in [2.45, 2.75) is 27.7 Å². The van der Waals surface area contributed by atoms with Gasteiger partial charge in [0.05, 0.1) is 0 Å². The normalized spacial score (nSPS) is 10.7. The van der Waals surface area contributed by atoms with Crippen molar-refractivity contribution in [3.8, 4) is 0 Å². The van der Waals surface area contributed by atoms with E-state index in [1.165, 1.54) is 21.8 Å². The van der Waals surface area contributed by atoms with E-state index >= 15 is 0 Å². The lowest BCUT2D eigenvalue weighted by Gasteiger charge is -1.89. The molecule has 0 saturated heterocycles. The second-order valence-corrected chi connectivity index (χ2v) is 4.30. The van der Waals surface area contributed by atoms with Crippen LogP contribution in [-0.2, 0) is 0 Å². The van der Waals surface area contributed by atoms with Crippen molar-refractivity contribution in [3.05, 3.63) is 34.9 Å². The number of rotatable bonds is 0. The van der Waals surface area contributed by atoms with E-state index < -0.39 is 0 Å². The molecule has 0 aliphatic rings. The van der Waals surface area contributed by atoms with E-state index in [2.05, 4.69) is 39.8 Å². The topological polar surface area (TPSA) is 13.1 Å². The zero-order valence-corrected chi connectivity index (χ0v) is 9.72. The van der Waals surface area contributed by atoms with Crippen LogP contribution in [0.1, 0.15) is 27.7 Å². The summed E-state index contributed by atoms with van der Waals surface area (Å²) in [6, 6.07) is 8.20. The summed E-state index contributed by atoms with van der Waals surface area (Å²) in [5.74, 6) is 0. The van der Waals surface area contributed by atoms with Crippen LogP contribution in [0.25, 0.3) is 22.1 Å². The number of benzene rings is 1. The molecular formula is C14H16O. The smallest absolute Gasteiger partial charge is 0.135 e. The van der Waals surface area contributed by atoms with Crippen LogP contribution in [0.3, 0.4) is 0 Å². The molecule has 0 saturated carbocycles. The lowest BCUT2D eigenvalue weighted by molar-refractivity contribution is 0.571. The van der Waals surface area contributed by atoms with Crippen molar-refractivity contribution >= 4 is 22.1 Å². The van der Waals surface area contributed by atoms with Crippen molar-refractivity contribution < 1.29 is 4.42 Å². The SMILES string of the molecule is CC(C)=c1oc2ccccc2c1=C(C)C. The Hall–Kier alpha value is -1.50. The summed E-state index contributed by atoms with van der Waals surface area (Å²) < 4.78 is 5.86. The van der Waals surface area contributed by atoms with Crippen LogP contribution in [0.2, 0.25) is 0 Å². The summed E-state index contributed by atoms with van der Waals surface area (Å²) in [7, 11) is 0. The molecule has 2 aromatic rings. The fraction of sp³-hybridized carbons (Fsp3) is 0.286. The zero-order valence-electron chi connectivity index (χ0n) is 9.72. The van der Waals surface area contributed by atoms with Crippen LogP contribution in [-0.4, -0.2) is 0 Å². The number of para-hydroxylation sites is 1. The van der Waals surface area contributed by atoms with E-state index in [0.29, 0.717) is 0 Å². The largest absolute Gasteiger partial charge is 0.456 e. The van der Waals surface area contributed by atoms with Gasteiger partial charge in [-0.25, -0.2) is 0 Å². The Bertz CT molecular complexity index is 606. The van der Waals surface area contributed by atoms with Gasteiger partial charge in [0.25, 0.3) is 0 Å². The summed E-state index contributed by atoms with van der Waals surface area (Å²) in [6.45, 7) is 8.43. The first kappa shape index (κ1) is 10.0. The number of hydrogen-bond donors (Lipinski definition) is 0. The molecule has 0 amide bonds. The van der Waals surface area contributed by atoms with Gasteiger partial charge in [0.15, 0.2) is 0 Å². The third-order valence-corrected chi connectivity index (χ3v) is 2.55. The number of hydrogen-bond acceptors (Lipinski definition) is 1. The van der Waals surface area contributed by atoms with Gasteiger partial charge < -0.3 is 4.42 Å².